The number of aromatic nitrogens is 4. The summed E-state index contributed by atoms with van der Waals surface area (Å²) in [6.07, 6.45) is 1.29. The third-order valence-electron chi connectivity index (χ3n) is 3.67. The lowest BCUT2D eigenvalue weighted by Crippen LogP contribution is -2.12. The Hall–Kier alpha value is -2.58. The van der Waals surface area contributed by atoms with Gasteiger partial charge in [0.05, 0.1) is 16.0 Å². The topological polar surface area (TPSA) is 141 Å². The molecule has 29 heavy (non-hydrogen) atoms. The van der Waals surface area contributed by atoms with E-state index in [4.69, 9.17) is 10.2 Å². The molecule has 9 nitrogen and oxygen atoms in total. The van der Waals surface area contributed by atoms with Crippen molar-refractivity contribution in [1.29, 1.82) is 0 Å². The Morgan fingerprint density at radius 1 is 1.17 bits per heavy atom. The van der Waals surface area contributed by atoms with Crippen molar-refractivity contribution in [2.24, 2.45) is 5.14 Å². The van der Waals surface area contributed by atoms with Crippen molar-refractivity contribution in [1.82, 2.24) is 19.7 Å². The molecule has 1 aromatic carbocycles. The molecule has 0 aliphatic carbocycles. The first-order valence-corrected chi connectivity index (χ1v) is 11.9. The smallest absolute Gasteiger partial charge is 0.347 e. The SMILES string of the molecule is NS(=O)(=O)c1ccc(-n2c(Sc3ncc(C(=O)O)s3)nnc2-c2cccs2)cc1. The summed E-state index contributed by atoms with van der Waals surface area (Å²) in [5.74, 6) is -0.477. The third-order valence-corrected chi connectivity index (χ3v) is 7.47. The minimum absolute atomic E-state index is 0.00720. The van der Waals surface area contributed by atoms with Crippen molar-refractivity contribution >= 4 is 50.4 Å². The molecule has 148 valence electrons. The number of rotatable bonds is 6. The number of carboxylic acid groups (broad SMARTS) is 1. The summed E-state index contributed by atoms with van der Waals surface area (Å²) in [6.45, 7) is 0. The molecule has 0 fully saturated rings. The second-order valence-corrected chi connectivity index (χ2v) is 10.3. The van der Waals surface area contributed by atoms with E-state index in [0.29, 0.717) is 21.0 Å². The standard InChI is InChI=1S/C16H11N5O4S4/c17-29(24,25)10-5-3-9(4-6-10)21-13(11-2-1-7-26-11)19-20-15(21)28-16-18-8-12(27-16)14(22)23/h1-8H,(H,22,23)(H2,17,24,25). The monoisotopic (exact) mass is 465 g/mol. The zero-order chi connectivity index (χ0) is 20.6. The number of thiophene rings is 1. The number of thiazole rings is 1. The van der Waals surface area contributed by atoms with E-state index in [2.05, 4.69) is 15.2 Å². The number of benzene rings is 1. The van der Waals surface area contributed by atoms with Gasteiger partial charge < -0.3 is 5.11 Å². The Morgan fingerprint density at radius 2 is 1.93 bits per heavy atom. The van der Waals surface area contributed by atoms with E-state index in [0.717, 1.165) is 16.2 Å². The number of primary sulfonamides is 1. The Labute approximate surface area is 176 Å². The van der Waals surface area contributed by atoms with E-state index in [1.165, 1.54) is 41.4 Å². The van der Waals surface area contributed by atoms with Gasteiger partial charge in [-0.05, 0) is 47.5 Å². The fraction of sp³-hybridized carbons (Fsp3) is 0. The maximum atomic E-state index is 11.5. The Kier molecular flexibility index (Phi) is 5.23. The number of nitrogens with two attached hydrogens (primary N) is 1. The van der Waals surface area contributed by atoms with Gasteiger partial charge in [-0.15, -0.1) is 32.9 Å². The first kappa shape index (κ1) is 19.7. The van der Waals surface area contributed by atoms with Gasteiger partial charge in [-0.1, -0.05) is 6.07 Å². The normalized spacial score (nSPS) is 11.6. The zero-order valence-corrected chi connectivity index (χ0v) is 17.6. The molecule has 3 aromatic heterocycles. The number of aromatic carboxylic acids is 1. The Bertz CT molecular complexity index is 1280. The molecule has 0 atom stereocenters. The molecule has 0 saturated heterocycles. The predicted molar refractivity (Wildman–Crippen MR) is 109 cm³/mol. The highest BCUT2D eigenvalue weighted by Crippen LogP contribution is 2.35. The van der Waals surface area contributed by atoms with Gasteiger partial charge in [-0.2, -0.15) is 0 Å². The summed E-state index contributed by atoms with van der Waals surface area (Å²) < 4.78 is 25.3. The number of nitrogens with zero attached hydrogens (tertiary/aromatic N) is 4. The van der Waals surface area contributed by atoms with E-state index in [-0.39, 0.29) is 9.77 Å². The first-order valence-electron chi connectivity index (χ1n) is 7.82. The van der Waals surface area contributed by atoms with Gasteiger partial charge in [0.15, 0.2) is 10.2 Å². The van der Waals surface area contributed by atoms with Crippen molar-refractivity contribution < 1.29 is 18.3 Å². The van der Waals surface area contributed by atoms with Gasteiger partial charge in [0.1, 0.15) is 4.88 Å². The van der Waals surface area contributed by atoms with Crippen LogP contribution in [0.25, 0.3) is 16.4 Å². The van der Waals surface area contributed by atoms with Crippen LogP contribution >= 0.6 is 34.4 Å². The molecule has 4 aromatic rings. The van der Waals surface area contributed by atoms with E-state index in [1.807, 2.05) is 17.5 Å². The van der Waals surface area contributed by atoms with Gasteiger partial charge in [0.2, 0.25) is 15.2 Å². The molecule has 0 aliphatic heterocycles. The van der Waals surface area contributed by atoms with Crippen LogP contribution in [-0.4, -0.2) is 39.2 Å². The average Bonchev–Trinajstić information content (AvgIpc) is 3.42. The highest BCUT2D eigenvalue weighted by atomic mass is 32.2. The second-order valence-electron chi connectivity index (χ2n) is 5.56. The number of hydrogen-bond donors (Lipinski definition) is 2. The van der Waals surface area contributed by atoms with Gasteiger partial charge in [0, 0.05) is 5.69 Å². The summed E-state index contributed by atoms with van der Waals surface area (Å²) in [5.41, 5.74) is 0.628. The molecule has 3 N–H and O–H groups in total. The van der Waals surface area contributed by atoms with Gasteiger partial charge in [-0.3, -0.25) is 4.57 Å². The maximum Gasteiger partial charge on any atom is 0.347 e. The summed E-state index contributed by atoms with van der Waals surface area (Å²) in [4.78, 5) is 16.2. The molecule has 0 radical (unpaired) electrons. The fourth-order valence-electron chi connectivity index (χ4n) is 2.40. The Balaban J connectivity index is 1.79. The van der Waals surface area contributed by atoms with Crippen LogP contribution in [0.15, 0.2) is 62.4 Å². The number of sulfonamides is 1. The quantitative estimate of drug-likeness (QED) is 0.443. The maximum absolute atomic E-state index is 11.5. The molecule has 0 spiro atoms. The minimum atomic E-state index is -3.81. The molecule has 0 saturated carbocycles. The highest BCUT2D eigenvalue weighted by Gasteiger charge is 2.20. The first-order chi connectivity index (χ1) is 13.8. The lowest BCUT2D eigenvalue weighted by Gasteiger charge is -2.09. The number of carbonyl (C=O) groups is 1. The summed E-state index contributed by atoms with van der Waals surface area (Å²) in [5, 5.41) is 25.1. The summed E-state index contributed by atoms with van der Waals surface area (Å²) in [6, 6.07) is 9.80. The second kappa shape index (κ2) is 7.68. The molecule has 0 unspecified atom stereocenters. The van der Waals surface area contributed by atoms with Gasteiger partial charge in [-0.25, -0.2) is 23.3 Å². The summed E-state index contributed by atoms with van der Waals surface area (Å²) in [7, 11) is -3.81. The van der Waals surface area contributed by atoms with Crippen LogP contribution < -0.4 is 5.14 Å². The van der Waals surface area contributed by atoms with E-state index < -0.39 is 16.0 Å². The largest absolute Gasteiger partial charge is 0.477 e. The molecule has 0 aliphatic rings. The average molecular weight is 466 g/mol. The van der Waals surface area contributed by atoms with Crippen LogP contribution in [0.1, 0.15) is 9.67 Å². The van der Waals surface area contributed by atoms with Crippen LogP contribution in [0.3, 0.4) is 0 Å². The highest BCUT2D eigenvalue weighted by molar-refractivity contribution is 8.00. The van der Waals surface area contributed by atoms with Crippen molar-refractivity contribution in [3.8, 4) is 16.4 Å². The molecular formula is C16H11N5O4S4. The van der Waals surface area contributed by atoms with Crippen molar-refractivity contribution in [2.75, 3.05) is 0 Å². The number of hydrogen-bond acceptors (Lipinski definition) is 9. The molecule has 0 bridgehead atoms. The predicted octanol–water partition coefficient (Wildman–Crippen LogP) is 2.95. The number of carboxylic acids is 1. The van der Waals surface area contributed by atoms with Crippen LogP contribution in [0.5, 0.6) is 0 Å². The van der Waals surface area contributed by atoms with Crippen molar-refractivity contribution in [2.45, 2.75) is 14.4 Å². The fourth-order valence-corrected chi connectivity index (χ4v) is 5.39. The molecule has 0 amide bonds. The minimum Gasteiger partial charge on any atom is -0.477 e. The van der Waals surface area contributed by atoms with Crippen molar-refractivity contribution in [3.05, 3.63) is 52.9 Å². The lowest BCUT2D eigenvalue weighted by molar-refractivity contribution is 0.0702. The Morgan fingerprint density at radius 3 is 2.52 bits per heavy atom. The molecular weight excluding hydrogens is 454 g/mol. The van der Waals surface area contributed by atoms with Gasteiger partial charge in [0.25, 0.3) is 0 Å². The van der Waals surface area contributed by atoms with Crippen molar-refractivity contribution in [3.63, 3.8) is 0 Å². The third kappa shape index (κ3) is 4.09. The van der Waals surface area contributed by atoms with E-state index in [1.54, 1.807) is 16.7 Å². The van der Waals surface area contributed by atoms with E-state index in [9.17, 15) is 13.2 Å². The molecule has 4 rings (SSSR count). The van der Waals surface area contributed by atoms with E-state index >= 15 is 0 Å². The lowest BCUT2D eigenvalue weighted by atomic mass is 10.3. The van der Waals surface area contributed by atoms with Crippen LogP contribution in [0.2, 0.25) is 0 Å². The van der Waals surface area contributed by atoms with Gasteiger partial charge >= 0.3 is 5.97 Å². The zero-order valence-electron chi connectivity index (χ0n) is 14.3. The molecule has 3 heterocycles. The van der Waals surface area contributed by atoms with Crippen LogP contribution in [-0.2, 0) is 10.0 Å². The van der Waals surface area contributed by atoms with Crippen LogP contribution in [0.4, 0.5) is 0 Å². The molecule has 13 heteroatoms. The summed E-state index contributed by atoms with van der Waals surface area (Å²) >= 11 is 3.68. The van der Waals surface area contributed by atoms with Crippen LogP contribution in [0, 0.1) is 0 Å².